The van der Waals surface area contributed by atoms with Crippen molar-refractivity contribution in [3.05, 3.63) is 0 Å². The van der Waals surface area contributed by atoms with Gasteiger partial charge >= 0.3 is 5.97 Å². The minimum atomic E-state index is -0.463. The Balaban J connectivity index is 3.57. The first-order valence-electron chi connectivity index (χ1n) is 3.42. The van der Waals surface area contributed by atoms with Gasteiger partial charge in [0.2, 0.25) is 0 Å². The summed E-state index contributed by atoms with van der Waals surface area (Å²) in [6.07, 6.45) is 0.653. The molecule has 0 N–H and O–H groups in total. The van der Waals surface area contributed by atoms with Crippen LogP contribution in [0.15, 0.2) is 0 Å². The van der Waals surface area contributed by atoms with Crippen molar-refractivity contribution in [3.63, 3.8) is 0 Å². The molecule has 0 fully saturated rings. The highest BCUT2D eigenvalue weighted by atomic mass is 35.5. The molecule has 0 amide bonds. The molecule has 2 nitrogen and oxygen atoms in total. The van der Waals surface area contributed by atoms with Crippen molar-refractivity contribution in [2.75, 3.05) is 0 Å². The number of hydrogen-bond acceptors (Lipinski definition) is 2. The highest BCUT2D eigenvalue weighted by Crippen LogP contribution is 2.06. The van der Waals surface area contributed by atoms with Gasteiger partial charge in [-0.1, -0.05) is 32.4 Å². The van der Waals surface area contributed by atoms with E-state index in [9.17, 15) is 4.79 Å². The third-order valence-electron chi connectivity index (χ3n) is 1.04. The number of hydrogen-bond donors (Lipinski definition) is 0. The highest BCUT2D eigenvalue weighted by Gasteiger charge is 2.12. The molecule has 0 heterocycles. The topological polar surface area (TPSA) is 26.3 Å². The summed E-state index contributed by atoms with van der Waals surface area (Å²) in [4.78, 5) is 10.8. The maximum atomic E-state index is 10.8. The average Bonchev–Trinajstić information content (AvgIpc) is 1.87. The fraction of sp³-hybridized carbons (Fsp3) is 0.857. The maximum Gasteiger partial charge on any atom is 0.309 e. The molecule has 3 heteroatoms. The van der Waals surface area contributed by atoms with Gasteiger partial charge in [-0.05, 0) is 6.42 Å². The van der Waals surface area contributed by atoms with Gasteiger partial charge in [-0.2, -0.15) is 0 Å². The molecule has 0 aromatic carbocycles. The molecule has 0 saturated heterocycles. The SMILES string of the molecule is CCC(Cl)OC(=O)C(C)C. The van der Waals surface area contributed by atoms with Crippen LogP contribution in [0.1, 0.15) is 27.2 Å². The molecule has 0 saturated carbocycles. The summed E-state index contributed by atoms with van der Waals surface area (Å²) in [7, 11) is 0. The molecule has 0 aromatic rings. The number of halogens is 1. The number of esters is 1. The highest BCUT2D eigenvalue weighted by molar-refractivity contribution is 6.20. The Morgan fingerprint density at radius 1 is 1.60 bits per heavy atom. The smallest absolute Gasteiger partial charge is 0.309 e. The van der Waals surface area contributed by atoms with Crippen molar-refractivity contribution in [1.82, 2.24) is 0 Å². The van der Waals surface area contributed by atoms with Crippen molar-refractivity contribution in [2.24, 2.45) is 5.92 Å². The van der Waals surface area contributed by atoms with Crippen LogP contribution in [-0.4, -0.2) is 11.5 Å². The lowest BCUT2D eigenvalue weighted by Gasteiger charge is -2.10. The Hall–Kier alpha value is -0.240. The first-order valence-corrected chi connectivity index (χ1v) is 3.86. The van der Waals surface area contributed by atoms with Crippen LogP contribution in [-0.2, 0) is 9.53 Å². The molecule has 0 aliphatic rings. The summed E-state index contributed by atoms with van der Waals surface area (Å²) in [5.41, 5.74) is -0.463. The van der Waals surface area contributed by atoms with Gasteiger partial charge in [-0.15, -0.1) is 0 Å². The van der Waals surface area contributed by atoms with Crippen LogP contribution < -0.4 is 0 Å². The zero-order valence-electron chi connectivity index (χ0n) is 6.56. The normalized spacial score (nSPS) is 13.3. The van der Waals surface area contributed by atoms with E-state index in [1.54, 1.807) is 13.8 Å². The van der Waals surface area contributed by atoms with E-state index in [0.717, 1.165) is 0 Å². The van der Waals surface area contributed by atoms with Crippen LogP contribution in [0.25, 0.3) is 0 Å². The first kappa shape index (κ1) is 9.76. The van der Waals surface area contributed by atoms with Crippen molar-refractivity contribution >= 4 is 17.6 Å². The monoisotopic (exact) mass is 164 g/mol. The van der Waals surface area contributed by atoms with E-state index in [1.807, 2.05) is 6.92 Å². The zero-order chi connectivity index (χ0) is 8.15. The van der Waals surface area contributed by atoms with Gasteiger partial charge in [-0.3, -0.25) is 4.79 Å². The lowest BCUT2D eigenvalue weighted by Crippen LogP contribution is -2.16. The van der Waals surface area contributed by atoms with Gasteiger partial charge < -0.3 is 4.74 Å². The predicted octanol–water partition coefficient (Wildman–Crippen LogP) is 2.16. The molecule has 60 valence electrons. The number of rotatable bonds is 3. The molecule has 0 radical (unpaired) electrons. The molecule has 0 bridgehead atoms. The molecule has 1 atom stereocenters. The largest absolute Gasteiger partial charge is 0.446 e. The lowest BCUT2D eigenvalue weighted by molar-refractivity contribution is -0.149. The van der Waals surface area contributed by atoms with E-state index in [0.29, 0.717) is 6.42 Å². The van der Waals surface area contributed by atoms with Gasteiger partial charge in [0, 0.05) is 0 Å². The molecule has 0 aliphatic heterocycles. The van der Waals surface area contributed by atoms with Gasteiger partial charge in [0.25, 0.3) is 0 Å². The van der Waals surface area contributed by atoms with Crippen LogP contribution in [0, 0.1) is 5.92 Å². The molecule has 0 rings (SSSR count). The summed E-state index contributed by atoms with van der Waals surface area (Å²) in [5, 5.41) is 0. The summed E-state index contributed by atoms with van der Waals surface area (Å²) in [6, 6.07) is 0. The average molecular weight is 165 g/mol. The van der Waals surface area contributed by atoms with Crippen LogP contribution in [0.3, 0.4) is 0 Å². The van der Waals surface area contributed by atoms with Crippen LogP contribution in [0.4, 0.5) is 0 Å². The van der Waals surface area contributed by atoms with Gasteiger partial charge in [-0.25, -0.2) is 0 Å². The molecular weight excluding hydrogens is 152 g/mol. The van der Waals surface area contributed by atoms with Crippen molar-refractivity contribution in [2.45, 2.75) is 32.8 Å². The molecule has 0 aromatic heterocycles. The van der Waals surface area contributed by atoms with Crippen LogP contribution in [0.5, 0.6) is 0 Å². The van der Waals surface area contributed by atoms with E-state index in [2.05, 4.69) is 0 Å². The van der Waals surface area contributed by atoms with Gasteiger partial charge in [0.05, 0.1) is 5.92 Å². The van der Waals surface area contributed by atoms with Crippen LogP contribution in [0.2, 0.25) is 0 Å². The maximum absolute atomic E-state index is 10.8. The fourth-order valence-corrected chi connectivity index (χ4v) is 0.433. The van der Waals surface area contributed by atoms with Crippen molar-refractivity contribution in [3.8, 4) is 0 Å². The number of alkyl halides is 1. The molecule has 0 spiro atoms. The van der Waals surface area contributed by atoms with E-state index in [4.69, 9.17) is 16.3 Å². The van der Waals surface area contributed by atoms with Gasteiger partial charge in [0.15, 0.2) is 5.56 Å². The van der Waals surface area contributed by atoms with E-state index in [1.165, 1.54) is 0 Å². The van der Waals surface area contributed by atoms with E-state index >= 15 is 0 Å². The van der Waals surface area contributed by atoms with Crippen molar-refractivity contribution in [1.29, 1.82) is 0 Å². The Bertz CT molecular complexity index is 112. The van der Waals surface area contributed by atoms with Crippen molar-refractivity contribution < 1.29 is 9.53 Å². The Labute approximate surface area is 66.5 Å². The summed E-state index contributed by atoms with van der Waals surface area (Å²) < 4.78 is 4.79. The predicted molar refractivity (Wildman–Crippen MR) is 40.9 cm³/mol. The van der Waals surface area contributed by atoms with E-state index < -0.39 is 5.56 Å². The standard InChI is InChI=1S/C7H13ClO2/c1-4-6(8)10-7(9)5(2)3/h5-6H,4H2,1-3H3. The minimum Gasteiger partial charge on any atom is -0.446 e. The molecule has 1 unspecified atom stereocenters. The molecular formula is C7H13ClO2. The number of ether oxygens (including phenoxy) is 1. The summed E-state index contributed by atoms with van der Waals surface area (Å²) in [6.45, 7) is 5.43. The number of carbonyl (C=O) groups is 1. The quantitative estimate of drug-likeness (QED) is 0.472. The minimum absolute atomic E-state index is 0.0900. The first-order chi connectivity index (χ1) is 4.57. The second-order valence-corrected chi connectivity index (χ2v) is 2.90. The number of carbonyl (C=O) groups excluding carboxylic acids is 1. The Morgan fingerprint density at radius 3 is 2.40 bits per heavy atom. The summed E-state index contributed by atoms with van der Waals surface area (Å²) >= 11 is 5.56. The second-order valence-electron chi connectivity index (χ2n) is 2.41. The van der Waals surface area contributed by atoms with Gasteiger partial charge in [0.1, 0.15) is 0 Å². The van der Waals surface area contributed by atoms with E-state index in [-0.39, 0.29) is 11.9 Å². The fourth-order valence-electron chi connectivity index (χ4n) is 0.345. The Kier molecular flexibility index (Phi) is 4.45. The zero-order valence-corrected chi connectivity index (χ0v) is 7.31. The lowest BCUT2D eigenvalue weighted by atomic mass is 10.2. The Morgan fingerprint density at radius 2 is 2.10 bits per heavy atom. The second kappa shape index (κ2) is 4.56. The van der Waals surface area contributed by atoms with Crippen LogP contribution >= 0.6 is 11.6 Å². The third-order valence-corrected chi connectivity index (χ3v) is 1.43. The molecule has 0 aliphatic carbocycles. The molecule has 10 heavy (non-hydrogen) atoms. The third kappa shape index (κ3) is 3.72. The summed E-state index contributed by atoms with van der Waals surface area (Å²) in [5.74, 6) is -0.324.